The van der Waals surface area contributed by atoms with E-state index < -0.39 is 6.10 Å². The number of aryl methyl sites for hydroxylation is 1. The first-order valence-corrected chi connectivity index (χ1v) is 11.9. The number of thiazole rings is 1. The van der Waals surface area contributed by atoms with Gasteiger partial charge in [0.05, 0.1) is 33.6 Å². The Morgan fingerprint density at radius 1 is 1.16 bits per heavy atom. The lowest BCUT2D eigenvalue weighted by Crippen LogP contribution is -2.32. The molecule has 5 rings (SSSR count). The minimum atomic E-state index is -0.543. The Bertz CT molecular complexity index is 1050. The van der Waals surface area contributed by atoms with E-state index in [1.807, 2.05) is 32.0 Å². The van der Waals surface area contributed by atoms with E-state index in [-0.39, 0.29) is 24.5 Å². The van der Waals surface area contributed by atoms with Crippen LogP contribution in [0.3, 0.4) is 0 Å². The van der Waals surface area contributed by atoms with Crippen molar-refractivity contribution in [3.8, 4) is 10.6 Å². The highest BCUT2D eigenvalue weighted by Gasteiger charge is 2.40. The van der Waals surface area contributed by atoms with Crippen LogP contribution in [0.1, 0.15) is 31.9 Å². The second-order valence-corrected chi connectivity index (χ2v) is 9.98. The molecule has 4 N–H and O–H groups in total. The lowest BCUT2D eigenvalue weighted by Gasteiger charge is -2.21. The highest BCUT2D eigenvalue weighted by molar-refractivity contribution is 7.21. The summed E-state index contributed by atoms with van der Waals surface area (Å²) in [6.45, 7) is 4.95. The van der Waals surface area contributed by atoms with E-state index in [2.05, 4.69) is 16.7 Å². The summed E-state index contributed by atoms with van der Waals surface area (Å²) in [6, 6.07) is 7.91. The van der Waals surface area contributed by atoms with Gasteiger partial charge in [0.1, 0.15) is 10.8 Å². The van der Waals surface area contributed by atoms with Crippen molar-refractivity contribution in [2.75, 3.05) is 23.8 Å². The predicted molar refractivity (Wildman–Crippen MR) is 124 cm³/mol. The number of para-hydroxylation sites is 1. The van der Waals surface area contributed by atoms with E-state index in [4.69, 9.17) is 15.0 Å². The molecule has 164 valence electrons. The van der Waals surface area contributed by atoms with Gasteiger partial charge >= 0.3 is 0 Å². The third-order valence-corrected chi connectivity index (χ3v) is 7.71. The molecule has 0 aliphatic heterocycles. The fourth-order valence-corrected chi connectivity index (χ4v) is 5.50. The van der Waals surface area contributed by atoms with Crippen LogP contribution in [-0.4, -0.2) is 50.5 Å². The maximum absolute atomic E-state index is 10.8. The molecular weight excluding hydrogens is 410 g/mol. The summed E-state index contributed by atoms with van der Waals surface area (Å²) < 4.78 is 1.12. The number of aromatic nitrogens is 3. The third-order valence-electron chi connectivity index (χ3n) is 6.65. The summed E-state index contributed by atoms with van der Waals surface area (Å²) in [7, 11) is 0. The van der Waals surface area contributed by atoms with Crippen molar-refractivity contribution in [3.63, 3.8) is 0 Å². The molecule has 0 unspecified atom stereocenters. The van der Waals surface area contributed by atoms with Gasteiger partial charge in [-0.05, 0) is 56.1 Å². The van der Waals surface area contributed by atoms with Crippen molar-refractivity contribution in [1.29, 1.82) is 0 Å². The zero-order valence-corrected chi connectivity index (χ0v) is 18.7. The van der Waals surface area contributed by atoms with E-state index >= 15 is 0 Å². The largest absolute Gasteiger partial charge is 0.396 e. The molecule has 0 radical (unpaired) electrons. The van der Waals surface area contributed by atoms with Crippen molar-refractivity contribution in [1.82, 2.24) is 15.0 Å². The SMILES string of the molecule is Cc1nc(NCC2CC2)nc(N[C@@H]2C[C@H](CO)[C@H](C)[C@H]2O)c1-c1nc2ccccc2s1. The number of nitrogens with zero attached hydrogens (tertiary/aromatic N) is 3. The maximum atomic E-state index is 10.8. The van der Waals surface area contributed by atoms with Gasteiger partial charge in [0.2, 0.25) is 5.95 Å². The van der Waals surface area contributed by atoms with Crippen LogP contribution in [-0.2, 0) is 0 Å². The molecule has 31 heavy (non-hydrogen) atoms. The van der Waals surface area contributed by atoms with Gasteiger partial charge in [0.25, 0.3) is 0 Å². The monoisotopic (exact) mass is 439 g/mol. The van der Waals surface area contributed by atoms with Crippen molar-refractivity contribution in [2.24, 2.45) is 17.8 Å². The predicted octanol–water partition coefficient (Wildman–Crippen LogP) is 3.67. The van der Waals surface area contributed by atoms with E-state index in [9.17, 15) is 10.2 Å². The Morgan fingerprint density at radius 3 is 2.68 bits per heavy atom. The fraction of sp³-hybridized carbons (Fsp3) is 0.522. The van der Waals surface area contributed by atoms with Crippen LogP contribution in [0.4, 0.5) is 11.8 Å². The Labute approximate surface area is 186 Å². The Kier molecular flexibility index (Phi) is 5.54. The lowest BCUT2D eigenvalue weighted by molar-refractivity contribution is 0.103. The van der Waals surface area contributed by atoms with Gasteiger partial charge in [-0.25, -0.2) is 9.97 Å². The molecule has 2 heterocycles. The van der Waals surface area contributed by atoms with E-state index in [0.29, 0.717) is 24.1 Å². The van der Waals surface area contributed by atoms with Gasteiger partial charge in [-0.15, -0.1) is 11.3 Å². The van der Waals surface area contributed by atoms with Crippen LogP contribution in [0.2, 0.25) is 0 Å². The minimum Gasteiger partial charge on any atom is -0.396 e. The second-order valence-electron chi connectivity index (χ2n) is 8.95. The number of benzene rings is 1. The van der Waals surface area contributed by atoms with E-state index in [1.165, 1.54) is 12.8 Å². The standard InChI is InChI=1S/C23H29N5O2S/c1-12-15(11-29)9-17(20(12)30)26-21-19(22-27-16-5-3-4-6-18(16)31-22)13(2)25-23(28-21)24-10-14-7-8-14/h3-6,12,14-15,17,20,29-30H,7-11H2,1-2H3,(H2,24,25,26,28)/t12-,15+,17+,20+/m0/s1. The number of nitrogens with one attached hydrogen (secondary N) is 2. The van der Waals surface area contributed by atoms with Crippen LogP contribution in [0.15, 0.2) is 24.3 Å². The van der Waals surface area contributed by atoms with Crippen molar-refractivity contribution in [2.45, 2.75) is 45.3 Å². The quantitative estimate of drug-likeness (QED) is 0.445. The zero-order chi connectivity index (χ0) is 21.5. The topological polar surface area (TPSA) is 103 Å². The molecule has 2 aliphatic carbocycles. The molecule has 7 nitrogen and oxygen atoms in total. The van der Waals surface area contributed by atoms with E-state index in [1.54, 1.807) is 11.3 Å². The summed E-state index contributed by atoms with van der Waals surface area (Å²) in [4.78, 5) is 14.4. The highest BCUT2D eigenvalue weighted by Crippen LogP contribution is 2.39. The normalized spacial score (nSPS) is 25.8. The number of anilines is 2. The number of hydrogen-bond donors (Lipinski definition) is 4. The first-order chi connectivity index (χ1) is 15.0. The van der Waals surface area contributed by atoms with Crippen molar-refractivity contribution < 1.29 is 10.2 Å². The average Bonchev–Trinajstić information content (AvgIpc) is 3.44. The van der Waals surface area contributed by atoms with Gasteiger partial charge in [0.15, 0.2) is 0 Å². The fourth-order valence-electron chi connectivity index (χ4n) is 4.44. The molecule has 4 atom stereocenters. The molecule has 0 bridgehead atoms. The molecule has 0 amide bonds. The summed E-state index contributed by atoms with van der Waals surface area (Å²) in [5.74, 6) is 2.13. The van der Waals surface area contributed by atoms with Crippen LogP contribution >= 0.6 is 11.3 Å². The number of hydrogen-bond acceptors (Lipinski definition) is 8. The zero-order valence-electron chi connectivity index (χ0n) is 17.9. The number of fused-ring (bicyclic) bond motifs is 1. The number of aliphatic hydroxyl groups excluding tert-OH is 2. The first kappa shape index (κ1) is 20.6. The molecule has 2 saturated carbocycles. The Balaban J connectivity index is 1.52. The number of rotatable bonds is 7. The van der Waals surface area contributed by atoms with Gasteiger partial charge in [-0.2, -0.15) is 4.98 Å². The third kappa shape index (κ3) is 4.12. The molecule has 2 aliphatic rings. The Morgan fingerprint density at radius 2 is 1.97 bits per heavy atom. The maximum Gasteiger partial charge on any atom is 0.224 e. The van der Waals surface area contributed by atoms with Crippen LogP contribution in [0.5, 0.6) is 0 Å². The second kappa shape index (κ2) is 8.33. The molecule has 2 aromatic heterocycles. The smallest absolute Gasteiger partial charge is 0.224 e. The summed E-state index contributed by atoms with van der Waals surface area (Å²) >= 11 is 1.62. The average molecular weight is 440 g/mol. The molecule has 0 saturated heterocycles. The van der Waals surface area contributed by atoms with E-state index in [0.717, 1.165) is 33.0 Å². The summed E-state index contributed by atoms with van der Waals surface area (Å²) in [6.07, 6.45) is 2.68. The van der Waals surface area contributed by atoms with Crippen molar-refractivity contribution in [3.05, 3.63) is 30.0 Å². The summed E-state index contributed by atoms with van der Waals surface area (Å²) in [5.41, 5.74) is 2.69. The number of aliphatic hydroxyl groups is 2. The molecule has 3 aromatic rings. The molecule has 8 heteroatoms. The lowest BCUT2D eigenvalue weighted by atomic mass is 9.98. The van der Waals surface area contributed by atoms with Gasteiger partial charge in [-0.3, -0.25) is 0 Å². The molecule has 0 spiro atoms. The van der Waals surface area contributed by atoms with Gasteiger partial charge in [-0.1, -0.05) is 19.1 Å². The molecule has 1 aromatic carbocycles. The Hall–Kier alpha value is -2.29. The van der Waals surface area contributed by atoms with Gasteiger partial charge in [0, 0.05) is 13.2 Å². The van der Waals surface area contributed by atoms with Crippen LogP contribution in [0.25, 0.3) is 20.8 Å². The molecular formula is C23H29N5O2S. The highest BCUT2D eigenvalue weighted by atomic mass is 32.1. The van der Waals surface area contributed by atoms with Crippen LogP contribution < -0.4 is 10.6 Å². The van der Waals surface area contributed by atoms with Crippen molar-refractivity contribution >= 4 is 33.3 Å². The van der Waals surface area contributed by atoms with Crippen LogP contribution in [0, 0.1) is 24.7 Å². The first-order valence-electron chi connectivity index (χ1n) is 11.1. The van der Waals surface area contributed by atoms with Gasteiger partial charge < -0.3 is 20.8 Å². The minimum absolute atomic E-state index is 0.0313. The molecule has 2 fully saturated rings. The summed E-state index contributed by atoms with van der Waals surface area (Å²) in [5, 5.41) is 28.2.